The van der Waals surface area contributed by atoms with E-state index in [0.29, 0.717) is 16.5 Å². The third-order valence-electron chi connectivity index (χ3n) is 4.78. The molecule has 0 radical (unpaired) electrons. The predicted octanol–water partition coefficient (Wildman–Crippen LogP) is 4.22. The number of benzene rings is 2. The van der Waals surface area contributed by atoms with Crippen molar-refractivity contribution in [2.45, 2.75) is 38.8 Å². The molecule has 0 spiro atoms. The second-order valence-corrected chi connectivity index (χ2v) is 8.40. The van der Waals surface area contributed by atoms with E-state index < -0.39 is 41.2 Å². The second kappa shape index (κ2) is 9.40. The molecule has 1 N–H and O–H groups in total. The highest BCUT2D eigenvalue weighted by atomic mass is 19.2. The molecular weight excluding hydrogens is 434 g/mol. The molecule has 174 valence electrons. The Morgan fingerprint density at radius 1 is 1.06 bits per heavy atom. The molecule has 7 nitrogen and oxygen atoms in total. The van der Waals surface area contributed by atoms with Gasteiger partial charge in [0.1, 0.15) is 11.6 Å². The van der Waals surface area contributed by atoms with Gasteiger partial charge in [-0.1, -0.05) is 18.2 Å². The van der Waals surface area contributed by atoms with Crippen LogP contribution in [0.2, 0.25) is 0 Å². The van der Waals surface area contributed by atoms with Crippen molar-refractivity contribution in [2.75, 3.05) is 7.11 Å². The first kappa shape index (κ1) is 23.9. The molecule has 0 aliphatic carbocycles. The van der Waals surface area contributed by atoms with Crippen LogP contribution < -0.4 is 5.32 Å². The number of ether oxygens (including phenoxy) is 2. The van der Waals surface area contributed by atoms with Gasteiger partial charge in [0.25, 0.3) is 5.91 Å². The zero-order valence-corrected chi connectivity index (χ0v) is 18.6. The number of carbonyl (C=O) groups is 3. The van der Waals surface area contributed by atoms with Gasteiger partial charge in [0.2, 0.25) is 0 Å². The number of hydrogen-bond acceptors (Lipinski definition) is 5. The smallest absolute Gasteiger partial charge is 0.419 e. The Morgan fingerprint density at radius 3 is 2.39 bits per heavy atom. The fourth-order valence-corrected chi connectivity index (χ4v) is 3.31. The van der Waals surface area contributed by atoms with Crippen molar-refractivity contribution in [3.05, 3.63) is 71.4 Å². The molecule has 3 rings (SSSR count). The van der Waals surface area contributed by atoms with Gasteiger partial charge in [0.15, 0.2) is 11.6 Å². The van der Waals surface area contributed by atoms with Crippen LogP contribution in [0.5, 0.6) is 0 Å². The first-order chi connectivity index (χ1) is 15.5. The van der Waals surface area contributed by atoms with Gasteiger partial charge in [-0.2, -0.15) is 0 Å². The van der Waals surface area contributed by atoms with Gasteiger partial charge >= 0.3 is 12.1 Å². The first-order valence-electron chi connectivity index (χ1n) is 10.2. The van der Waals surface area contributed by atoms with Crippen molar-refractivity contribution >= 4 is 28.9 Å². The number of carbonyl (C=O) groups excluding carboxylic acids is 3. The lowest BCUT2D eigenvalue weighted by atomic mass is 10.0. The van der Waals surface area contributed by atoms with Crippen LogP contribution in [0.4, 0.5) is 13.6 Å². The van der Waals surface area contributed by atoms with E-state index in [1.165, 1.54) is 11.7 Å². The Bertz CT molecular complexity index is 1210. The Kier molecular flexibility index (Phi) is 6.81. The van der Waals surface area contributed by atoms with E-state index >= 15 is 0 Å². The molecule has 1 heterocycles. The lowest BCUT2D eigenvalue weighted by molar-refractivity contribution is -0.142. The van der Waals surface area contributed by atoms with E-state index in [1.807, 2.05) is 0 Å². The minimum absolute atomic E-state index is 0.0155. The summed E-state index contributed by atoms with van der Waals surface area (Å²) < 4.78 is 38.3. The number of nitrogens with one attached hydrogen (secondary N) is 1. The normalized spacial score (nSPS) is 12.3. The maximum Gasteiger partial charge on any atom is 0.419 e. The molecule has 1 atom stereocenters. The molecule has 2 aromatic carbocycles. The molecule has 0 saturated heterocycles. The van der Waals surface area contributed by atoms with Gasteiger partial charge in [-0.3, -0.25) is 9.36 Å². The largest absolute Gasteiger partial charge is 0.467 e. The lowest BCUT2D eigenvalue weighted by Gasteiger charge is -2.19. The van der Waals surface area contributed by atoms with Crippen LogP contribution in [0.1, 0.15) is 36.7 Å². The summed E-state index contributed by atoms with van der Waals surface area (Å²) in [5, 5.41) is 3.17. The lowest BCUT2D eigenvalue weighted by Crippen LogP contribution is -2.43. The number of amides is 1. The van der Waals surface area contributed by atoms with E-state index in [1.54, 1.807) is 51.2 Å². The highest BCUT2D eigenvalue weighted by Gasteiger charge is 2.26. The van der Waals surface area contributed by atoms with Crippen molar-refractivity contribution in [1.29, 1.82) is 0 Å². The third kappa shape index (κ3) is 5.54. The third-order valence-corrected chi connectivity index (χ3v) is 4.78. The molecular formula is C24H24F2N2O5. The number of halogens is 2. The summed E-state index contributed by atoms with van der Waals surface area (Å²) in [5.74, 6) is -3.79. The van der Waals surface area contributed by atoms with Crippen molar-refractivity contribution in [3.63, 3.8) is 0 Å². The van der Waals surface area contributed by atoms with Crippen molar-refractivity contribution in [3.8, 4) is 0 Å². The van der Waals surface area contributed by atoms with E-state index in [0.717, 1.165) is 18.2 Å². The Balaban J connectivity index is 1.92. The minimum Gasteiger partial charge on any atom is -0.467 e. The van der Waals surface area contributed by atoms with Gasteiger partial charge < -0.3 is 14.8 Å². The summed E-state index contributed by atoms with van der Waals surface area (Å²) in [5.41, 5.74) is 0.281. The Hall–Kier alpha value is -3.75. The van der Waals surface area contributed by atoms with Crippen molar-refractivity contribution in [2.24, 2.45) is 0 Å². The van der Waals surface area contributed by atoms with Crippen molar-refractivity contribution in [1.82, 2.24) is 9.88 Å². The van der Waals surface area contributed by atoms with Gasteiger partial charge in [-0.15, -0.1) is 0 Å². The van der Waals surface area contributed by atoms with Crippen molar-refractivity contribution < 1.29 is 32.6 Å². The number of hydrogen-bond donors (Lipinski definition) is 1. The maximum atomic E-state index is 13.5. The zero-order valence-electron chi connectivity index (χ0n) is 18.6. The van der Waals surface area contributed by atoms with Crippen LogP contribution in [-0.4, -0.2) is 41.3 Å². The first-order valence-corrected chi connectivity index (χ1v) is 10.2. The van der Waals surface area contributed by atoms with Crippen LogP contribution in [0.15, 0.2) is 48.7 Å². The van der Waals surface area contributed by atoms with Crippen LogP contribution in [0, 0.1) is 11.6 Å². The summed E-state index contributed by atoms with van der Waals surface area (Å²) in [6, 6.07) is 8.57. The molecule has 0 unspecified atom stereocenters. The van der Waals surface area contributed by atoms with Gasteiger partial charge in [0, 0.05) is 23.6 Å². The van der Waals surface area contributed by atoms with E-state index in [2.05, 4.69) is 5.32 Å². The fourth-order valence-electron chi connectivity index (χ4n) is 3.31. The van der Waals surface area contributed by atoms with E-state index in [-0.39, 0.29) is 12.0 Å². The summed E-state index contributed by atoms with van der Waals surface area (Å²) in [6.07, 6.45) is 0.932. The fraction of sp³-hybridized carbons (Fsp3) is 0.292. The molecule has 1 amide bonds. The molecule has 0 fully saturated rings. The van der Waals surface area contributed by atoms with E-state index in [4.69, 9.17) is 9.47 Å². The monoisotopic (exact) mass is 458 g/mol. The highest BCUT2D eigenvalue weighted by molar-refractivity contribution is 5.97. The average molecular weight is 458 g/mol. The molecule has 3 aromatic rings. The summed E-state index contributed by atoms with van der Waals surface area (Å²) in [4.78, 5) is 37.7. The SMILES string of the molecule is COC(=O)[C@H](Cc1cn(C(=O)OC(C)(C)C)c2ccccc12)NC(=O)c1ccc(F)c(F)c1. The van der Waals surface area contributed by atoms with Crippen LogP contribution in [-0.2, 0) is 20.7 Å². The molecule has 9 heteroatoms. The predicted molar refractivity (Wildman–Crippen MR) is 117 cm³/mol. The summed E-state index contributed by atoms with van der Waals surface area (Å²) >= 11 is 0. The number of methoxy groups -OCH3 is 1. The van der Waals surface area contributed by atoms with Crippen LogP contribution >= 0.6 is 0 Å². The van der Waals surface area contributed by atoms with Gasteiger partial charge in [-0.25, -0.2) is 18.4 Å². The number of nitrogens with zero attached hydrogens (tertiary/aromatic N) is 1. The van der Waals surface area contributed by atoms with Gasteiger partial charge in [-0.05, 0) is 50.6 Å². The van der Waals surface area contributed by atoms with Crippen LogP contribution in [0.3, 0.4) is 0 Å². The molecule has 1 aromatic heterocycles. The quantitative estimate of drug-likeness (QED) is 0.579. The molecule has 0 aliphatic heterocycles. The van der Waals surface area contributed by atoms with Gasteiger partial charge in [0.05, 0.1) is 12.6 Å². The topological polar surface area (TPSA) is 86.6 Å². The minimum atomic E-state index is -1.18. The standard InChI is InChI=1S/C24H24F2N2O5/c1-24(2,3)33-23(31)28-13-15(16-7-5-6-8-20(16)28)12-19(22(30)32-4)27-21(29)14-9-10-17(25)18(26)11-14/h5-11,13,19H,12H2,1-4H3,(H,27,29)/t19-/m0/s1. The zero-order chi connectivity index (χ0) is 24.3. The van der Waals surface area contributed by atoms with Crippen LogP contribution in [0.25, 0.3) is 10.9 Å². The second-order valence-electron chi connectivity index (χ2n) is 8.40. The number of esters is 1. The summed E-state index contributed by atoms with van der Waals surface area (Å²) in [7, 11) is 1.17. The highest BCUT2D eigenvalue weighted by Crippen LogP contribution is 2.24. The number of para-hydroxylation sites is 1. The molecule has 0 aliphatic rings. The Morgan fingerprint density at radius 2 is 1.76 bits per heavy atom. The number of aromatic nitrogens is 1. The molecule has 0 bridgehead atoms. The van der Waals surface area contributed by atoms with E-state index in [9.17, 15) is 23.2 Å². The number of fused-ring (bicyclic) bond motifs is 1. The number of rotatable bonds is 5. The molecule has 0 saturated carbocycles. The Labute approximate surface area is 189 Å². The average Bonchev–Trinajstić information content (AvgIpc) is 3.12. The maximum absolute atomic E-state index is 13.5. The summed E-state index contributed by atoms with van der Waals surface area (Å²) in [6.45, 7) is 5.25. The molecule has 33 heavy (non-hydrogen) atoms.